The molecule has 0 bridgehead atoms. The van der Waals surface area contributed by atoms with Gasteiger partial charge in [-0.25, -0.2) is 4.98 Å². The van der Waals surface area contributed by atoms with Crippen molar-refractivity contribution in [1.82, 2.24) is 9.88 Å². The SMILES string of the molecule is CCCCNc1ncccc1[C@H]1CCCCN1Cc1ccccc1. The lowest BCUT2D eigenvalue weighted by atomic mass is 9.95. The maximum atomic E-state index is 4.63. The van der Waals surface area contributed by atoms with Crippen LogP contribution in [0.4, 0.5) is 5.82 Å². The lowest BCUT2D eigenvalue weighted by Crippen LogP contribution is -2.33. The number of likely N-dealkylation sites (tertiary alicyclic amines) is 1. The maximum Gasteiger partial charge on any atom is 0.130 e. The fourth-order valence-corrected chi connectivity index (χ4v) is 3.57. The largest absolute Gasteiger partial charge is 0.370 e. The van der Waals surface area contributed by atoms with E-state index in [4.69, 9.17) is 0 Å². The van der Waals surface area contributed by atoms with Crippen molar-refractivity contribution in [2.24, 2.45) is 0 Å². The molecular formula is C21H29N3. The van der Waals surface area contributed by atoms with Gasteiger partial charge in [-0.1, -0.05) is 56.2 Å². The van der Waals surface area contributed by atoms with Crippen LogP contribution in [0.15, 0.2) is 48.7 Å². The fraction of sp³-hybridized carbons (Fsp3) is 0.476. The Morgan fingerprint density at radius 3 is 2.83 bits per heavy atom. The normalized spacial score (nSPS) is 18.5. The number of pyridine rings is 1. The van der Waals surface area contributed by atoms with Gasteiger partial charge in [0.05, 0.1) is 0 Å². The molecule has 1 saturated heterocycles. The number of nitrogens with zero attached hydrogens (tertiary/aromatic N) is 2. The van der Waals surface area contributed by atoms with E-state index in [9.17, 15) is 0 Å². The second kappa shape index (κ2) is 8.84. The van der Waals surface area contributed by atoms with Gasteiger partial charge in [-0.05, 0) is 37.4 Å². The Balaban J connectivity index is 1.77. The van der Waals surface area contributed by atoms with E-state index in [0.717, 1.165) is 18.9 Å². The molecule has 0 saturated carbocycles. The van der Waals surface area contributed by atoms with Crippen LogP contribution in [0, 0.1) is 0 Å². The molecule has 1 aromatic heterocycles. The number of nitrogens with one attached hydrogen (secondary N) is 1. The lowest BCUT2D eigenvalue weighted by Gasteiger charge is -2.36. The number of hydrogen-bond donors (Lipinski definition) is 1. The average Bonchev–Trinajstić information content (AvgIpc) is 2.64. The average molecular weight is 323 g/mol. The van der Waals surface area contributed by atoms with Crippen LogP contribution in [-0.2, 0) is 6.54 Å². The Morgan fingerprint density at radius 2 is 2.00 bits per heavy atom. The van der Waals surface area contributed by atoms with Gasteiger partial charge >= 0.3 is 0 Å². The summed E-state index contributed by atoms with van der Waals surface area (Å²) in [5.41, 5.74) is 2.76. The van der Waals surface area contributed by atoms with E-state index >= 15 is 0 Å². The summed E-state index contributed by atoms with van der Waals surface area (Å²) < 4.78 is 0. The minimum Gasteiger partial charge on any atom is -0.370 e. The number of unbranched alkanes of at least 4 members (excludes halogenated alkanes) is 1. The molecule has 0 aliphatic carbocycles. The summed E-state index contributed by atoms with van der Waals surface area (Å²) >= 11 is 0. The van der Waals surface area contributed by atoms with Crippen LogP contribution in [0.1, 0.15) is 56.2 Å². The third-order valence-electron chi connectivity index (χ3n) is 4.86. The van der Waals surface area contributed by atoms with Gasteiger partial charge in [-0.15, -0.1) is 0 Å². The van der Waals surface area contributed by atoms with Gasteiger partial charge < -0.3 is 5.32 Å². The molecule has 1 aliphatic rings. The number of rotatable bonds is 7. The predicted molar refractivity (Wildman–Crippen MR) is 101 cm³/mol. The van der Waals surface area contributed by atoms with E-state index in [2.05, 4.69) is 64.6 Å². The van der Waals surface area contributed by atoms with Gasteiger partial charge in [0.2, 0.25) is 0 Å². The van der Waals surface area contributed by atoms with Crippen LogP contribution in [0.25, 0.3) is 0 Å². The van der Waals surface area contributed by atoms with E-state index in [-0.39, 0.29) is 0 Å². The van der Waals surface area contributed by atoms with Crippen LogP contribution in [-0.4, -0.2) is 23.0 Å². The van der Waals surface area contributed by atoms with E-state index in [0.29, 0.717) is 6.04 Å². The van der Waals surface area contributed by atoms with Gasteiger partial charge in [-0.3, -0.25) is 4.90 Å². The molecule has 1 N–H and O–H groups in total. The Bertz CT molecular complexity index is 611. The van der Waals surface area contributed by atoms with Crippen molar-refractivity contribution in [3.05, 3.63) is 59.8 Å². The minimum atomic E-state index is 0.469. The third kappa shape index (κ3) is 4.35. The highest BCUT2D eigenvalue weighted by Crippen LogP contribution is 2.35. The van der Waals surface area contributed by atoms with Crippen LogP contribution in [0.3, 0.4) is 0 Å². The van der Waals surface area contributed by atoms with Gasteiger partial charge in [0, 0.05) is 30.9 Å². The molecule has 3 rings (SSSR count). The molecule has 3 heteroatoms. The summed E-state index contributed by atoms with van der Waals surface area (Å²) in [6, 6.07) is 15.6. The van der Waals surface area contributed by atoms with E-state index < -0.39 is 0 Å². The molecule has 24 heavy (non-hydrogen) atoms. The molecule has 1 aliphatic heterocycles. The topological polar surface area (TPSA) is 28.2 Å². The molecule has 0 spiro atoms. The molecule has 128 valence electrons. The van der Waals surface area contributed by atoms with Crippen LogP contribution in [0.2, 0.25) is 0 Å². The molecule has 2 heterocycles. The van der Waals surface area contributed by atoms with Gasteiger partial charge in [0.1, 0.15) is 5.82 Å². The van der Waals surface area contributed by atoms with E-state index in [1.54, 1.807) is 0 Å². The lowest BCUT2D eigenvalue weighted by molar-refractivity contribution is 0.140. The molecule has 1 aromatic carbocycles. The first-order valence-corrected chi connectivity index (χ1v) is 9.35. The zero-order valence-corrected chi connectivity index (χ0v) is 14.7. The molecule has 1 atom stereocenters. The van der Waals surface area contributed by atoms with Crippen molar-refractivity contribution in [1.29, 1.82) is 0 Å². The second-order valence-corrected chi connectivity index (χ2v) is 6.69. The summed E-state index contributed by atoms with van der Waals surface area (Å²) in [7, 11) is 0. The van der Waals surface area contributed by atoms with Crippen molar-refractivity contribution in [2.45, 2.75) is 51.6 Å². The molecular weight excluding hydrogens is 294 g/mol. The quantitative estimate of drug-likeness (QED) is 0.725. The monoisotopic (exact) mass is 323 g/mol. The summed E-state index contributed by atoms with van der Waals surface area (Å²) in [5, 5.41) is 3.56. The Hall–Kier alpha value is -1.87. The smallest absolute Gasteiger partial charge is 0.130 e. The Labute approximate surface area is 146 Å². The number of benzene rings is 1. The minimum absolute atomic E-state index is 0.469. The Morgan fingerprint density at radius 1 is 1.12 bits per heavy atom. The first-order valence-electron chi connectivity index (χ1n) is 9.35. The third-order valence-corrected chi connectivity index (χ3v) is 4.86. The fourth-order valence-electron chi connectivity index (χ4n) is 3.57. The van der Waals surface area contributed by atoms with Crippen molar-refractivity contribution in [3.8, 4) is 0 Å². The van der Waals surface area contributed by atoms with Crippen molar-refractivity contribution in [2.75, 3.05) is 18.4 Å². The van der Waals surface area contributed by atoms with E-state index in [1.807, 2.05) is 6.20 Å². The summed E-state index contributed by atoms with van der Waals surface area (Å²) in [6.07, 6.45) is 8.12. The molecule has 0 amide bonds. The summed E-state index contributed by atoms with van der Waals surface area (Å²) in [4.78, 5) is 7.26. The van der Waals surface area contributed by atoms with Gasteiger partial charge in [-0.2, -0.15) is 0 Å². The molecule has 1 fully saturated rings. The van der Waals surface area contributed by atoms with Crippen LogP contribution < -0.4 is 5.32 Å². The van der Waals surface area contributed by atoms with Crippen molar-refractivity contribution >= 4 is 5.82 Å². The molecule has 0 radical (unpaired) electrons. The Kier molecular flexibility index (Phi) is 6.25. The number of anilines is 1. The molecule has 3 nitrogen and oxygen atoms in total. The summed E-state index contributed by atoms with van der Waals surface area (Å²) in [6.45, 7) is 5.42. The van der Waals surface area contributed by atoms with Crippen LogP contribution >= 0.6 is 0 Å². The first-order chi connectivity index (χ1) is 11.9. The van der Waals surface area contributed by atoms with Crippen molar-refractivity contribution < 1.29 is 0 Å². The van der Waals surface area contributed by atoms with E-state index in [1.165, 1.54) is 49.8 Å². The zero-order chi connectivity index (χ0) is 16.6. The second-order valence-electron chi connectivity index (χ2n) is 6.69. The predicted octanol–water partition coefficient (Wildman–Crippen LogP) is 5.02. The summed E-state index contributed by atoms with van der Waals surface area (Å²) in [5.74, 6) is 1.08. The first kappa shape index (κ1) is 17.0. The standard InChI is InChI=1S/C21H29N3/c1-2-3-14-22-21-19(12-9-15-23-21)20-13-7-8-16-24(20)17-18-10-5-4-6-11-18/h4-6,9-12,15,20H,2-3,7-8,13-14,16-17H2,1H3,(H,22,23)/t20-/m1/s1. The maximum absolute atomic E-state index is 4.63. The molecule has 0 unspecified atom stereocenters. The zero-order valence-electron chi connectivity index (χ0n) is 14.7. The number of piperidine rings is 1. The molecule has 2 aromatic rings. The number of hydrogen-bond acceptors (Lipinski definition) is 3. The highest BCUT2D eigenvalue weighted by atomic mass is 15.2. The highest BCUT2D eigenvalue weighted by molar-refractivity contribution is 5.46. The van der Waals surface area contributed by atoms with Crippen LogP contribution in [0.5, 0.6) is 0 Å². The van der Waals surface area contributed by atoms with Gasteiger partial charge in [0.15, 0.2) is 0 Å². The van der Waals surface area contributed by atoms with Gasteiger partial charge in [0.25, 0.3) is 0 Å². The highest BCUT2D eigenvalue weighted by Gasteiger charge is 2.26. The van der Waals surface area contributed by atoms with Crippen molar-refractivity contribution in [3.63, 3.8) is 0 Å². The number of aromatic nitrogens is 1.